The van der Waals surface area contributed by atoms with Gasteiger partial charge in [0.2, 0.25) is 0 Å². The third-order valence-corrected chi connectivity index (χ3v) is 5.09. The first-order chi connectivity index (χ1) is 11.8. The van der Waals surface area contributed by atoms with Crippen LogP contribution in [0.25, 0.3) is 21.9 Å². The van der Waals surface area contributed by atoms with Crippen LogP contribution in [0.3, 0.4) is 0 Å². The molecule has 3 aromatic carbocycles. The molecule has 2 nitrogen and oxygen atoms in total. The largest absolute Gasteiger partial charge is 0.304 e. The number of piperazine rings is 1. The minimum Gasteiger partial charge on any atom is -0.304 e. The summed E-state index contributed by atoms with van der Waals surface area (Å²) in [5.41, 5.74) is 4.14. The van der Waals surface area contributed by atoms with E-state index in [1.807, 2.05) is 0 Å². The SMILES string of the molecule is CN1CCN(Cc2ccccc2-c2cccc3ccccc23)CC1. The summed E-state index contributed by atoms with van der Waals surface area (Å²) in [7, 11) is 2.21. The van der Waals surface area contributed by atoms with Crippen LogP contribution < -0.4 is 0 Å². The predicted octanol–water partition coefficient (Wildman–Crippen LogP) is 4.25. The van der Waals surface area contributed by atoms with Crippen LogP contribution in [0.2, 0.25) is 0 Å². The lowest BCUT2D eigenvalue weighted by molar-refractivity contribution is 0.148. The number of rotatable bonds is 3. The van der Waals surface area contributed by atoms with Gasteiger partial charge in [0.25, 0.3) is 0 Å². The van der Waals surface area contributed by atoms with Crippen LogP contribution in [0.1, 0.15) is 5.56 Å². The molecule has 1 heterocycles. The number of fused-ring (bicyclic) bond motifs is 1. The molecule has 2 heteroatoms. The molecule has 1 aliphatic heterocycles. The van der Waals surface area contributed by atoms with Gasteiger partial charge in [0.05, 0.1) is 0 Å². The van der Waals surface area contributed by atoms with Gasteiger partial charge in [-0.3, -0.25) is 4.90 Å². The summed E-state index contributed by atoms with van der Waals surface area (Å²) in [6, 6.07) is 24.2. The van der Waals surface area contributed by atoms with Gasteiger partial charge in [-0.15, -0.1) is 0 Å². The molecule has 0 bridgehead atoms. The molecular weight excluding hydrogens is 292 g/mol. The van der Waals surface area contributed by atoms with Gasteiger partial charge in [-0.2, -0.15) is 0 Å². The second-order valence-corrected chi connectivity index (χ2v) is 6.76. The van der Waals surface area contributed by atoms with Crippen molar-refractivity contribution in [3.05, 3.63) is 72.3 Å². The first-order valence-electron chi connectivity index (χ1n) is 8.78. The van der Waals surface area contributed by atoms with Gasteiger partial charge in [0.1, 0.15) is 0 Å². The summed E-state index contributed by atoms with van der Waals surface area (Å²) >= 11 is 0. The van der Waals surface area contributed by atoms with Gasteiger partial charge < -0.3 is 4.90 Å². The van der Waals surface area contributed by atoms with Crippen molar-refractivity contribution in [1.82, 2.24) is 9.80 Å². The van der Waals surface area contributed by atoms with Crippen molar-refractivity contribution in [2.75, 3.05) is 33.2 Å². The van der Waals surface area contributed by atoms with E-state index in [0.717, 1.165) is 32.7 Å². The highest BCUT2D eigenvalue weighted by Gasteiger charge is 2.16. The second-order valence-electron chi connectivity index (χ2n) is 6.76. The molecule has 0 aromatic heterocycles. The zero-order chi connectivity index (χ0) is 16.4. The average molecular weight is 316 g/mol. The Bertz CT molecular complexity index is 827. The maximum atomic E-state index is 2.57. The molecule has 24 heavy (non-hydrogen) atoms. The van der Waals surface area contributed by atoms with Gasteiger partial charge in [0.15, 0.2) is 0 Å². The number of likely N-dealkylation sites (N-methyl/N-ethyl adjacent to an activating group) is 1. The molecule has 122 valence electrons. The van der Waals surface area contributed by atoms with Gasteiger partial charge in [-0.25, -0.2) is 0 Å². The molecule has 1 aliphatic rings. The van der Waals surface area contributed by atoms with Gasteiger partial charge >= 0.3 is 0 Å². The van der Waals surface area contributed by atoms with Crippen molar-refractivity contribution >= 4 is 10.8 Å². The van der Waals surface area contributed by atoms with Gasteiger partial charge in [-0.05, 0) is 34.5 Å². The smallest absolute Gasteiger partial charge is 0.0240 e. The molecule has 0 spiro atoms. The van der Waals surface area contributed by atoms with Crippen LogP contribution in [0.4, 0.5) is 0 Å². The Morgan fingerprint density at radius 2 is 1.38 bits per heavy atom. The van der Waals surface area contributed by atoms with E-state index < -0.39 is 0 Å². The van der Waals surface area contributed by atoms with E-state index in [1.54, 1.807) is 0 Å². The number of hydrogen-bond donors (Lipinski definition) is 0. The van der Waals surface area contributed by atoms with E-state index >= 15 is 0 Å². The monoisotopic (exact) mass is 316 g/mol. The minimum atomic E-state index is 1.03. The Labute approximate surface area is 144 Å². The van der Waals surface area contributed by atoms with E-state index in [9.17, 15) is 0 Å². The summed E-state index contributed by atoms with van der Waals surface area (Å²) in [6.45, 7) is 5.67. The van der Waals surface area contributed by atoms with Crippen molar-refractivity contribution < 1.29 is 0 Å². The molecule has 0 saturated carbocycles. The zero-order valence-electron chi connectivity index (χ0n) is 14.3. The first-order valence-corrected chi connectivity index (χ1v) is 8.78. The van der Waals surface area contributed by atoms with Crippen LogP contribution in [0.5, 0.6) is 0 Å². The van der Waals surface area contributed by atoms with Crippen LogP contribution in [0.15, 0.2) is 66.7 Å². The lowest BCUT2D eigenvalue weighted by Crippen LogP contribution is -2.43. The summed E-state index contributed by atoms with van der Waals surface area (Å²) in [4.78, 5) is 4.98. The summed E-state index contributed by atoms with van der Waals surface area (Å²) in [6.07, 6.45) is 0. The van der Waals surface area contributed by atoms with Crippen molar-refractivity contribution in [2.45, 2.75) is 6.54 Å². The van der Waals surface area contributed by atoms with E-state index in [4.69, 9.17) is 0 Å². The molecule has 4 rings (SSSR count). The third kappa shape index (κ3) is 3.08. The normalized spacial score (nSPS) is 16.5. The average Bonchev–Trinajstić information content (AvgIpc) is 2.64. The predicted molar refractivity (Wildman–Crippen MR) is 102 cm³/mol. The molecular formula is C22H24N2. The van der Waals surface area contributed by atoms with Crippen LogP contribution in [-0.4, -0.2) is 43.0 Å². The van der Waals surface area contributed by atoms with Crippen molar-refractivity contribution in [3.63, 3.8) is 0 Å². The van der Waals surface area contributed by atoms with Crippen LogP contribution in [-0.2, 0) is 6.54 Å². The first kappa shape index (κ1) is 15.4. The second kappa shape index (κ2) is 6.76. The van der Waals surface area contributed by atoms with E-state index in [1.165, 1.54) is 27.5 Å². The Morgan fingerprint density at radius 1 is 0.708 bits per heavy atom. The van der Waals surface area contributed by atoms with Crippen molar-refractivity contribution in [3.8, 4) is 11.1 Å². The highest BCUT2D eigenvalue weighted by atomic mass is 15.2. The van der Waals surface area contributed by atoms with Crippen molar-refractivity contribution in [1.29, 1.82) is 0 Å². The molecule has 0 amide bonds. The maximum absolute atomic E-state index is 2.57. The molecule has 0 aliphatic carbocycles. The van der Waals surface area contributed by atoms with Gasteiger partial charge in [0, 0.05) is 32.7 Å². The lowest BCUT2D eigenvalue weighted by atomic mass is 9.94. The van der Waals surface area contributed by atoms with E-state index in [2.05, 4.69) is 83.6 Å². The Hall–Kier alpha value is -2.16. The Morgan fingerprint density at radius 3 is 2.25 bits per heavy atom. The fraction of sp³-hybridized carbons (Fsp3) is 0.273. The third-order valence-electron chi connectivity index (χ3n) is 5.09. The zero-order valence-corrected chi connectivity index (χ0v) is 14.3. The fourth-order valence-electron chi connectivity index (χ4n) is 3.63. The Balaban J connectivity index is 1.71. The molecule has 3 aromatic rings. The minimum absolute atomic E-state index is 1.03. The number of nitrogens with zero attached hydrogens (tertiary/aromatic N) is 2. The van der Waals surface area contributed by atoms with E-state index in [-0.39, 0.29) is 0 Å². The quantitative estimate of drug-likeness (QED) is 0.712. The molecule has 0 radical (unpaired) electrons. The Kier molecular flexibility index (Phi) is 4.33. The van der Waals surface area contributed by atoms with Gasteiger partial charge in [-0.1, -0.05) is 66.7 Å². The molecule has 1 fully saturated rings. The maximum Gasteiger partial charge on any atom is 0.0240 e. The topological polar surface area (TPSA) is 6.48 Å². The van der Waals surface area contributed by atoms with E-state index in [0.29, 0.717) is 0 Å². The summed E-state index contributed by atoms with van der Waals surface area (Å²) in [5.74, 6) is 0. The fourth-order valence-corrected chi connectivity index (χ4v) is 3.63. The van der Waals surface area contributed by atoms with Crippen LogP contribution >= 0.6 is 0 Å². The number of hydrogen-bond acceptors (Lipinski definition) is 2. The molecule has 1 saturated heterocycles. The molecule has 0 N–H and O–H groups in total. The molecule has 0 atom stereocenters. The van der Waals surface area contributed by atoms with Crippen LogP contribution in [0, 0.1) is 0 Å². The highest BCUT2D eigenvalue weighted by Crippen LogP contribution is 2.31. The molecule has 0 unspecified atom stereocenters. The highest BCUT2D eigenvalue weighted by molar-refractivity contribution is 5.97. The summed E-state index contributed by atoms with van der Waals surface area (Å²) in [5, 5.41) is 2.65. The van der Waals surface area contributed by atoms with Crippen molar-refractivity contribution in [2.24, 2.45) is 0 Å². The summed E-state index contributed by atoms with van der Waals surface area (Å²) < 4.78 is 0. The number of benzene rings is 3. The standard InChI is InChI=1S/C22H24N2/c1-23-13-15-24(16-14-23)17-19-8-3-5-11-21(19)22-12-6-9-18-7-2-4-10-20(18)22/h2-12H,13-17H2,1H3. The lowest BCUT2D eigenvalue weighted by Gasteiger charge is -2.32.